The molecule has 0 amide bonds. The number of unbranched alkanes of at least 4 members (excludes halogenated alkanes) is 1. The third kappa shape index (κ3) is 41.7. The predicted molar refractivity (Wildman–Crippen MR) is 267 cm³/mol. The molecule has 0 radical (unpaired) electrons. The number of rotatable bonds is 43. The Morgan fingerprint density at radius 2 is 0.413 bits per heavy atom. The predicted octanol–water partition coefficient (Wildman–Crippen LogP) is 2.24. The van der Waals surface area contributed by atoms with E-state index in [9.17, 15) is 0 Å². The monoisotopic (exact) mass is 1080 g/mol. The average molecular weight is 1080 g/mol. The second-order valence-electron chi connectivity index (χ2n) is 21.2. The molecule has 0 aliphatic carbocycles. The Labute approximate surface area is 445 Å². The first kappa shape index (κ1) is 61.7. The molecular weight excluding hydrogens is 989 g/mol. The Balaban J connectivity index is 0.000000132. The lowest BCUT2D eigenvalue weighted by atomic mass is 9.96. The van der Waals surface area contributed by atoms with Gasteiger partial charge in [0.2, 0.25) is 0 Å². The molecule has 12 aliphatic heterocycles. The van der Waals surface area contributed by atoms with Crippen LogP contribution in [0.4, 0.5) is 0 Å². The van der Waals surface area contributed by atoms with E-state index in [0.29, 0.717) is 126 Å². The molecule has 0 N–H and O–H groups in total. The van der Waals surface area contributed by atoms with Crippen LogP contribution >= 0.6 is 0 Å². The second-order valence-corrected chi connectivity index (χ2v) is 21.2. The molecular formula is C53H94O22. The van der Waals surface area contributed by atoms with E-state index in [1.807, 2.05) is 0 Å². The van der Waals surface area contributed by atoms with Gasteiger partial charge in [-0.3, -0.25) is 0 Å². The third-order valence-corrected chi connectivity index (χ3v) is 12.1. The summed E-state index contributed by atoms with van der Waals surface area (Å²) in [4.78, 5) is 0. The first-order valence-corrected chi connectivity index (χ1v) is 28.1. The van der Waals surface area contributed by atoms with Gasteiger partial charge in [-0.15, -0.1) is 0 Å². The van der Waals surface area contributed by atoms with E-state index in [4.69, 9.17) is 104 Å². The minimum atomic E-state index is 0.0732. The second kappa shape index (κ2) is 37.2. The Bertz CT molecular complexity index is 1210. The van der Waals surface area contributed by atoms with Crippen LogP contribution in [0.5, 0.6) is 0 Å². The highest BCUT2D eigenvalue weighted by Crippen LogP contribution is 2.22. The average Bonchev–Trinajstić information content (AvgIpc) is 4.21. The molecule has 12 unspecified atom stereocenters. The Kier molecular flexibility index (Phi) is 30.6. The van der Waals surface area contributed by atoms with Crippen molar-refractivity contribution in [3.63, 3.8) is 0 Å². The van der Waals surface area contributed by atoms with Crippen molar-refractivity contribution in [3.8, 4) is 0 Å². The van der Waals surface area contributed by atoms with Gasteiger partial charge in [0, 0.05) is 31.8 Å². The fraction of sp³-hybridized carbons (Fsp3) is 1.00. The molecule has 0 aromatic carbocycles. The van der Waals surface area contributed by atoms with Crippen molar-refractivity contribution >= 4 is 0 Å². The highest BCUT2D eigenvalue weighted by Gasteiger charge is 2.30. The Morgan fingerprint density at radius 1 is 0.240 bits per heavy atom. The summed E-state index contributed by atoms with van der Waals surface area (Å²) in [5, 5.41) is 0. The molecule has 12 heterocycles. The lowest BCUT2D eigenvalue weighted by Crippen LogP contribution is -2.27. The molecule has 0 aromatic rings. The molecule has 438 valence electrons. The van der Waals surface area contributed by atoms with Crippen LogP contribution in [-0.4, -0.2) is 285 Å². The van der Waals surface area contributed by atoms with Gasteiger partial charge < -0.3 is 104 Å². The van der Waals surface area contributed by atoms with Crippen LogP contribution in [0.3, 0.4) is 0 Å². The van der Waals surface area contributed by atoms with Gasteiger partial charge in [-0.2, -0.15) is 0 Å². The first-order chi connectivity index (χ1) is 36.9. The van der Waals surface area contributed by atoms with E-state index in [0.717, 1.165) is 171 Å². The fourth-order valence-electron chi connectivity index (χ4n) is 6.31. The van der Waals surface area contributed by atoms with Gasteiger partial charge in [-0.1, -0.05) is 26.7 Å². The van der Waals surface area contributed by atoms with Crippen LogP contribution in [0, 0.1) is 5.41 Å². The normalized spacial score (nSPS) is 31.4. The minimum absolute atomic E-state index is 0.0732. The smallest absolute Gasteiger partial charge is 0.104 e. The molecule has 22 heteroatoms. The van der Waals surface area contributed by atoms with Gasteiger partial charge >= 0.3 is 0 Å². The van der Waals surface area contributed by atoms with Crippen molar-refractivity contribution in [1.29, 1.82) is 0 Å². The van der Waals surface area contributed by atoms with Gasteiger partial charge in [0.05, 0.1) is 197 Å². The van der Waals surface area contributed by atoms with E-state index in [1.165, 1.54) is 25.7 Å². The van der Waals surface area contributed by atoms with Crippen molar-refractivity contribution in [2.75, 3.05) is 211 Å². The van der Waals surface area contributed by atoms with Gasteiger partial charge in [0.25, 0.3) is 0 Å². The maximum atomic E-state index is 5.56. The summed E-state index contributed by atoms with van der Waals surface area (Å²) in [5.41, 5.74) is 0.0732. The number of hydrogen-bond donors (Lipinski definition) is 0. The van der Waals surface area contributed by atoms with Gasteiger partial charge in [0.1, 0.15) is 61.0 Å². The Morgan fingerprint density at radius 3 is 0.600 bits per heavy atom. The standard InChI is InChI=1S/C11H20O4.2C9H16O4.2C8H14O4.C8H14O2/c1-11(2,7-12-3-9-5-14-9)8-13-4-10-6-15-10;2*1(2-10-4-8-6-12-8)3-11-5-9-7-13-9;2*1(9-3-7-5-11-7)2-10-4-8-6-12-8;1(3-7-5-9-7)2-4-8-6-10-8/h9-10H,3-8H2,1-2H3;2*8-9H,1-7H2;2*7-8H,1-6H2;7-8H,1-6H2. The summed E-state index contributed by atoms with van der Waals surface area (Å²) in [6, 6.07) is 0. The maximum Gasteiger partial charge on any atom is 0.104 e. The zero-order valence-corrected chi connectivity index (χ0v) is 45.3. The summed E-state index contributed by atoms with van der Waals surface area (Å²) in [5.74, 6) is 0. The zero-order chi connectivity index (χ0) is 51.9. The molecule has 12 atom stereocenters. The van der Waals surface area contributed by atoms with Crippen molar-refractivity contribution in [3.05, 3.63) is 0 Å². The lowest BCUT2D eigenvalue weighted by Gasteiger charge is -2.23. The summed E-state index contributed by atoms with van der Waals surface area (Å²) in [6.07, 6.45) is 12.0. The van der Waals surface area contributed by atoms with Crippen LogP contribution in [0.15, 0.2) is 0 Å². The number of epoxide rings is 12. The lowest BCUT2D eigenvalue weighted by molar-refractivity contribution is -0.0101. The molecule has 12 aliphatic rings. The van der Waals surface area contributed by atoms with E-state index in [-0.39, 0.29) is 5.41 Å². The van der Waals surface area contributed by atoms with Crippen molar-refractivity contribution in [2.45, 2.75) is 126 Å². The van der Waals surface area contributed by atoms with Gasteiger partial charge in [-0.05, 0) is 25.7 Å². The molecule has 12 fully saturated rings. The topological polar surface area (TPSA) is 243 Å². The Hall–Kier alpha value is -0.880. The zero-order valence-electron chi connectivity index (χ0n) is 45.3. The largest absolute Gasteiger partial charge is 0.379 e. The van der Waals surface area contributed by atoms with E-state index in [2.05, 4.69) is 13.8 Å². The summed E-state index contributed by atoms with van der Waals surface area (Å²) in [6.45, 7) is 29.4. The summed E-state index contributed by atoms with van der Waals surface area (Å²) < 4.78 is 114. The minimum Gasteiger partial charge on any atom is -0.379 e. The molecule has 22 nitrogen and oxygen atoms in total. The third-order valence-electron chi connectivity index (χ3n) is 12.1. The van der Waals surface area contributed by atoms with E-state index < -0.39 is 0 Å². The van der Waals surface area contributed by atoms with E-state index >= 15 is 0 Å². The summed E-state index contributed by atoms with van der Waals surface area (Å²) >= 11 is 0. The molecule has 12 saturated heterocycles. The van der Waals surface area contributed by atoms with Gasteiger partial charge in [-0.25, -0.2) is 0 Å². The quantitative estimate of drug-likeness (QED) is 0.0628. The van der Waals surface area contributed by atoms with Crippen LogP contribution in [0.2, 0.25) is 0 Å². The molecule has 0 aromatic heterocycles. The SMILES string of the molecule is C(CCC1CO1)CC1CO1.C(COCC1CO1)COCC1CO1.C(COCC1CO1)COCC1CO1.C(COCC1CO1)OCC1CO1.C(COCC1CO1)OCC1CO1.CC(C)(COCC1CO1)COCC1CO1. The van der Waals surface area contributed by atoms with Crippen molar-refractivity contribution in [1.82, 2.24) is 0 Å². The fourth-order valence-corrected chi connectivity index (χ4v) is 6.31. The van der Waals surface area contributed by atoms with Crippen LogP contribution < -0.4 is 0 Å². The van der Waals surface area contributed by atoms with Crippen LogP contribution in [0.1, 0.15) is 52.4 Å². The highest BCUT2D eigenvalue weighted by atomic mass is 16.6. The summed E-state index contributed by atoms with van der Waals surface area (Å²) in [7, 11) is 0. The molecule has 0 saturated carbocycles. The highest BCUT2D eigenvalue weighted by molar-refractivity contribution is 4.75. The van der Waals surface area contributed by atoms with E-state index in [1.54, 1.807) is 0 Å². The number of ether oxygens (including phenoxy) is 22. The van der Waals surface area contributed by atoms with Crippen LogP contribution in [-0.2, 0) is 104 Å². The van der Waals surface area contributed by atoms with Gasteiger partial charge in [0.15, 0.2) is 0 Å². The molecule has 0 bridgehead atoms. The maximum absolute atomic E-state index is 5.56. The van der Waals surface area contributed by atoms with Crippen molar-refractivity contribution in [2.24, 2.45) is 5.41 Å². The molecule has 0 spiro atoms. The molecule has 12 rings (SSSR count). The number of hydrogen-bond acceptors (Lipinski definition) is 22. The van der Waals surface area contributed by atoms with Crippen molar-refractivity contribution < 1.29 is 104 Å². The molecule has 75 heavy (non-hydrogen) atoms. The first-order valence-electron chi connectivity index (χ1n) is 28.1. The van der Waals surface area contributed by atoms with Crippen LogP contribution in [0.25, 0.3) is 0 Å².